The summed E-state index contributed by atoms with van der Waals surface area (Å²) >= 11 is 9.42. The number of unbranched alkanes of at least 4 members (excludes halogenated alkanes) is 1. The third kappa shape index (κ3) is 4.50. The van der Waals surface area contributed by atoms with Gasteiger partial charge in [-0.25, -0.2) is 0 Å². The first kappa shape index (κ1) is 16.5. The van der Waals surface area contributed by atoms with Crippen molar-refractivity contribution in [2.45, 2.75) is 46.1 Å². The zero-order valence-corrected chi connectivity index (χ0v) is 14.1. The zero-order chi connectivity index (χ0) is 14.4. The fourth-order valence-corrected chi connectivity index (χ4v) is 2.48. The SMILES string of the molecule is CCCCN(C(=O)c1cc(Cl)ccc1Br)C(C)CC. The molecule has 1 unspecified atom stereocenters. The first-order chi connectivity index (χ1) is 9.01. The standard InChI is InChI=1S/C15H21BrClNO/c1-4-6-9-18(11(3)5-2)15(19)13-10-12(17)7-8-14(13)16/h7-8,10-11H,4-6,9H2,1-3H3. The number of carbonyl (C=O) groups excluding carboxylic acids is 1. The minimum Gasteiger partial charge on any atom is -0.336 e. The van der Waals surface area contributed by atoms with Crippen LogP contribution in [0.2, 0.25) is 5.02 Å². The Morgan fingerprint density at radius 2 is 2.11 bits per heavy atom. The fourth-order valence-electron chi connectivity index (χ4n) is 1.89. The Kier molecular flexibility index (Phi) is 6.87. The highest BCUT2D eigenvalue weighted by Gasteiger charge is 2.21. The number of halogens is 2. The van der Waals surface area contributed by atoms with Gasteiger partial charge in [-0.2, -0.15) is 0 Å². The van der Waals surface area contributed by atoms with Gasteiger partial charge < -0.3 is 4.90 Å². The summed E-state index contributed by atoms with van der Waals surface area (Å²) in [6.45, 7) is 7.12. The Bertz CT molecular complexity index is 436. The molecule has 0 aromatic heterocycles. The van der Waals surface area contributed by atoms with Crippen molar-refractivity contribution < 1.29 is 4.79 Å². The van der Waals surface area contributed by atoms with E-state index in [9.17, 15) is 4.79 Å². The molecule has 1 aromatic carbocycles. The van der Waals surface area contributed by atoms with E-state index in [0.29, 0.717) is 10.6 Å². The summed E-state index contributed by atoms with van der Waals surface area (Å²) < 4.78 is 0.798. The molecule has 1 rings (SSSR count). The third-order valence-corrected chi connectivity index (χ3v) is 4.22. The summed E-state index contributed by atoms with van der Waals surface area (Å²) in [4.78, 5) is 14.6. The van der Waals surface area contributed by atoms with E-state index in [1.54, 1.807) is 12.1 Å². The molecule has 2 nitrogen and oxygen atoms in total. The number of rotatable bonds is 6. The molecule has 0 spiro atoms. The molecule has 0 bridgehead atoms. The van der Waals surface area contributed by atoms with Gasteiger partial charge in [-0.05, 0) is 53.9 Å². The number of benzene rings is 1. The molecule has 1 aromatic rings. The van der Waals surface area contributed by atoms with Crippen LogP contribution >= 0.6 is 27.5 Å². The summed E-state index contributed by atoms with van der Waals surface area (Å²) in [5.74, 6) is 0.0529. The number of hydrogen-bond donors (Lipinski definition) is 0. The van der Waals surface area contributed by atoms with Crippen LogP contribution in [0, 0.1) is 0 Å². The van der Waals surface area contributed by atoms with Gasteiger partial charge in [0.2, 0.25) is 0 Å². The molecule has 4 heteroatoms. The van der Waals surface area contributed by atoms with E-state index in [1.165, 1.54) is 0 Å². The van der Waals surface area contributed by atoms with E-state index in [2.05, 4.69) is 36.7 Å². The van der Waals surface area contributed by atoms with E-state index in [4.69, 9.17) is 11.6 Å². The molecule has 0 fully saturated rings. The Hall–Kier alpha value is -0.540. The average Bonchev–Trinajstić information content (AvgIpc) is 2.41. The summed E-state index contributed by atoms with van der Waals surface area (Å²) in [6.07, 6.45) is 3.05. The van der Waals surface area contributed by atoms with Gasteiger partial charge >= 0.3 is 0 Å². The summed E-state index contributed by atoms with van der Waals surface area (Å²) in [7, 11) is 0. The first-order valence-electron chi connectivity index (χ1n) is 6.77. The van der Waals surface area contributed by atoms with Crippen LogP contribution in [0.25, 0.3) is 0 Å². The van der Waals surface area contributed by atoms with E-state index in [0.717, 1.165) is 30.3 Å². The molecule has 0 aliphatic carbocycles. The number of amides is 1. The lowest BCUT2D eigenvalue weighted by atomic mass is 10.1. The van der Waals surface area contributed by atoms with Crippen LogP contribution in [0.1, 0.15) is 50.4 Å². The van der Waals surface area contributed by atoms with Crippen molar-refractivity contribution in [3.63, 3.8) is 0 Å². The van der Waals surface area contributed by atoms with Crippen molar-refractivity contribution in [2.24, 2.45) is 0 Å². The van der Waals surface area contributed by atoms with Gasteiger partial charge in [0.15, 0.2) is 0 Å². The molecule has 0 N–H and O–H groups in total. The van der Waals surface area contributed by atoms with Crippen LogP contribution in [0.5, 0.6) is 0 Å². The van der Waals surface area contributed by atoms with E-state index in [-0.39, 0.29) is 11.9 Å². The van der Waals surface area contributed by atoms with Crippen molar-refractivity contribution in [1.29, 1.82) is 0 Å². The number of nitrogens with zero attached hydrogens (tertiary/aromatic N) is 1. The Balaban J connectivity index is 3.00. The highest BCUT2D eigenvalue weighted by atomic mass is 79.9. The van der Waals surface area contributed by atoms with Gasteiger partial charge in [-0.15, -0.1) is 0 Å². The summed E-state index contributed by atoms with van der Waals surface area (Å²) in [5.41, 5.74) is 0.643. The van der Waals surface area contributed by atoms with Crippen LogP contribution in [0.3, 0.4) is 0 Å². The van der Waals surface area contributed by atoms with Crippen molar-refractivity contribution in [1.82, 2.24) is 4.90 Å². The molecule has 19 heavy (non-hydrogen) atoms. The predicted octanol–water partition coefficient (Wildman–Crippen LogP) is 5.14. The number of carbonyl (C=O) groups is 1. The molecule has 0 saturated carbocycles. The minimum atomic E-state index is 0.0529. The average molecular weight is 347 g/mol. The van der Waals surface area contributed by atoms with Crippen LogP contribution < -0.4 is 0 Å². The fraction of sp³-hybridized carbons (Fsp3) is 0.533. The van der Waals surface area contributed by atoms with Gasteiger partial charge in [-0.1, -0.05) is 31.9 Å². The second kappa shape index (κ2) is 7.91. The lowest BCUT2D eigenvalue weighted by molar-refractivity contribution is 0.0684. The largest absolute Gasteiger partial charge is 0.336 e. The monoisotopic (exact) mass is 345 g/mol. The highest BCUT2D eigenvalue weighted by molar-refractivity contribution is 9.10. The van der Waals surface area contributed by atoms with Crippen LogP contribution in [0.15, 0.2) is 22.7 Å². The zero-order valence-electron chi connectivity index (χ0n) is 11.7. The van der Waals surface area contributed by atoms with Crippen molar-refractivity contribution in [3.05, 3.63) is 33.3 Å². The van der Waals surface area contributed by atoms with Crippen molar-refractivity contribution >= 4 is 33.4 Å². The van der Waals surface area contributed by atoms with Gasteiger partial charge in [0, 0.05) is 22.1 Å². The quantitative estimate of drug-likeness (QED) is 0.698. The van der Waals surface area contributed by atoms with E-state index >= 15 is 0 Å². The maximum Gasteiger partial charge on any atom is 0.255 e. The molecule has 0 radical (unpaired) electrons. The van der Waals surface area contributed by atoms with E-state index in [1.807, 2.05) is 11.0 Å². The van der Waals surface area contributed by atoms with Gasteiger partial charge in [0.05, 0.1) is 5.56 Å². The maximum atomic E-state index is 12.7. The van der Waals surface area contributed by atoms with Crippen LogP contribution in [-0.2, 0) is 0 Å². The molecule has 0 heterocycles. The first-order valence-corrected chi connectivity index (χ1v) is 7.94. The van der Waals surface area contributed by atoms with Crippen LogP contribution in [0.4, 0.5) is 0 Å². The molecule has 1 amide bonds. The van der Waals surface area contributed by atoms with Gasteiger partial charge in [0.1, 0.15) is 0 Å². The summed E-state index contributed by atoms with van der Waals surface area (Å²) in [6, 6.07) is 5.58. The Morgan fingerprint density at radius 3 is 2.68 bits per heavy atom. The van der Waals surface area contributed by atoms with Gasteiger partial charge in [0.25, 0.3) is 5.91 Å². The maximum absolute atomic E-state index is 12.7. The Labute approximate surface area is 129 Å². The molecule has 0 aliphatic heterocycles. The molecule has 106 valence electrons. The Morgan fingerprint density at radius 1 is 1.42 bits per heavy atom. The second-order valence-electron chi connectivity index (χ2n) is 4.73. The lowest BCUT2D eigenvalue weighted by Crippen LogP contribution is -2.39. The topological polar surface area (TPSA) is 20.3 Å². The minimum absolute atomic E-state index is 0.0529. The predicted molar refractivity (Wildman–Crippen MR) is 84.8 cm³/mol. The van der Waals surface area contributed by atoms with Crippen molar-refractivity contribution in [2.75, 3.05) is 6.54 Å². The third-order valence-electron chi connectivity index (χ3n) is 3.30. The molecular weight excluding hydrogens is 326 g/mol. The second-order valence-corrected chi connectivity index (χ2v) is 6.02. The smallest absolute Gasteiger partial charge is 0.255 e. The molecular formula is C15H21BrClNO. The highest BCUT2D eigenvalue weighted by Crippen LogP contribution is 2.24. The molecule has 0 aliphatic rings. The summed E-state index contributed by atoms with van der Waals surface area (Å²) in [5, 5.41) is 0.589. The molecule has 0 saturated heterocycles. The van der Waals surface area contributed by atoms with E-state index < -0.39 is 0 Å². The molecule has 1 atom stereocenters. The lowest BCUT2D eigenvalue weighted by Gasteiger charge is -2.29. The number of hydrogen-bond acceptors (Lipinski definition) is 1. The van der Waals surface area contributed by atoms with Crippen LogP contribution in [-0.4, -0.2) is 23.4 Å². The van der Waals surface area contributed by atoms with Gasteiger partial charge in [-0.3, -0.25) is 4.79 Å². The van der Waals surface area contributed by atoms with Crippen molar-refractivity contribution in [3.8, 4) is 0 Å². The normalized spacial score (nSPS) is 12.3.